The number of anilines is 1. The van der Waals surface area contributed by atoms with Crippen LogP contribution in [0.4, 0.5) is 10.3 Å². The van der Waals surface area contributed by atoms with E-state index >= 15 is 0 Å². The van der Waals surface area contributed by atoms with E-state index in [1.165, 1.54) is 12.1 Å². The van der Waals surface area contributed by atoms with E-state index in [4.69, 9.17) is 23.6 Å². The summed E-state index contributed by atoms with van der Waals surface area (Å²) < 4.78 is 35.9. The Bertz CT molecular complexity index is 1380. The number of benzene rings is 1. The quantitative estimate of drug-likeness (QED) is 0.259. The minimum absolute atomic E-state index is 0.132. The maximum absolute atomic E-state index is 13.7. The highest BCUT2D eigenvalue weighted by molar-refractivity contribution is 5.82. The van der Waals surface area contributed by atoms with Gasteiger partial charge in [-0.2, -0.15) is 0 Å². The number of hydrogen-bond acceptors (Lipinski definition) is 9. The molecule has 1 aromatic carbocycles. The third-order valence-corrected chi connectivity index (χ3v) is 6.22. The van der Waals surface area contributed by atoms with Crippen LogP contribution in [0.2, 0.25) is 0 Å². The molecule has 3 N–H and O–H groups in total. The van der Waals surface area contributed by atoms with Crippen molar-refractivity contribution in [3.05, 3.63) is 72.3 Å². The number of halogens is 1. The number of imidazole rings is 1. The molecule has 39 heavy (non-hydrogen) atoms. The summed E-state index contributed by atoms with van der Waals surface area (Å²) in [6.45, 7) is 3.27. The molecular formula is C27H29FN6O5. The van der Waals surface area contributed by atoms with Crippen molar-refractivity contribution in [3.63, 3.8) is 0 Å². The fourth-order valence-electron chi connectivity index (χ4n) is 4.05. The molecule has 1 saturated heterocycles. The van der Waals surface area contributed by atoms with E-state index < -0.39 is 11.7 Å². The van der Waals surface area contributed by atoms with E-state index in [0.29, 0.717) is 54.1 Å². The lowest BCUT2D eigenvalue weighted by Crippen LogP contribution is -2.49. The Labute approximate surface area is 224 Å². The molecule has 0 saturated carbocycles. The highest BCUT2D eigenvalue weighted by Gasteiger charge is 2.40. The molecule has 4 heterocycles. The summed E-state index contributed by atoms with van der Waals surface area (Å²) in [4.78, 5) is 29.6. The van der Waals surface area contributed by atoms with Crippen LogP contribution in [0.3, 0.4) is 0 Å². The number of carbonyl (C=O) groups excluding carboxylic acids is 1. The Kier molecular flexibility index (Phi) is 7.96. The lowest BCUT2D eigenvalue weighted by atomic mass is 9.91. The summed E-state index contributed by atoms with van der Waals surface area (Å²) in [5, 5.41) is 5.97. The van der Waals surface area contributed by atoms with E-state index in [1.807, 2.05) is 6.07 Å². The molecule has 5 rings (SSSR count). The number of carbonyl (C=O) groups is 1. The minimum Gasteiger partial charge on any atom is -0.467 e. The number of amides is 1. The SMILES string of the molecule is COCCNC(=O)C1(C)COC(c2nc(-c3ccc(F)cc3)c(-c3ccnc(NCc4ccco4)n3)[nH]2)OC1. The van der Waals surface area contributed by atoms with Crippen LogP contribution in [0, 0.1) is 11.2 Å². The normalized spacial score (nSPS) is 19.1. The molecule has 1 aliphatic heterocycles. The second-order valence-electron chi connectivity index (χ2n) is 9.31. The van der Waals surface area contributed by atoms with Crippen molar-refractivity contribution >= 4 is 11.9 Å². The van der Waals surface area contributed by atoms with Crippen molar-refractivity contribution < 1.29 is 27.8 Å². The summed E-state index contributed by atoms with van der Waals surface area (Å²) in [5.41, 5.74) is 1.50. The van der Waals surface area contributed by atoms with Gasteiger partial charge in [-0.3, -0.25) is 4.79 Å². The summed E-state index contributed by atoms with van der Waals surface area (Å²) in [7, 11) is 1.57. The molecule has 204 valence electrons. The van der Waals surface area contributed by atoms with Gasteiger partial charge in [0, 0.05) is 25.4 Å². The van der Waals surface area contributed by atoms with Crippen LogP contribution < -0.4 is 10.6 Å². The number of aromatic nitrogens is 4. The number of nitrogens with one attached hydrogen (secondary N) is 3. The molecule has 0 atom stereocenters. The van der Waals surface area contributed by atoms with E-state index in [-0.39, 0.29) is 24.9 Å². The molecule has 0 radical (unpaired) electrons. The van der Waals surface area contributed by atoms with Crippen LogP contribution in [0.5, 0.6) is 0 Å². The number of methoxy groups -OCH3 is 1. The van der Waals surface area contributed by atoms with Gasteiger partial charge in [0.2, 0.25) is 18.1 Å². The molecule has 0 unspecified atom stereocenters. The van der Waals surface area contributed by atoms with Gasteiger partial charge in [0.25, 0.3) is 0 Å². The van der Waals surface area contributed by atoms with Gasteiger partial charge in [0.05, 0.1) is 55.1 Å². The lowest BCUT2D eigenvalue weighted by molar-refractivity contribution is -0.231. The molecule has 1 fully saturated rings. The van der Waals surface area contributed by atoms with E-state index in [9.17, 15) is 9.18 Å². The Morgan fingerprint density at radius 2 is 1.97 bits per heavy atom. The maximum Gasteiger partial charge on any atom is 0.230 e. The standard InChI is InChI=1S/C27H29FN6O5/c1-27(25(35)29-11-13-36-2)15-38-24(39-16-27)23-33-21(17-5-7-18(28)8-6-17)22(34-23)20-9-10-30-26(32-20)31-14-19-4-3-12-37-19/h3-10,12,24H,11,13-16H2,1-2H3,(H,29,35)(H,33,34)(H,30,31,32). The number of nitrogens with zero attached hydrogens (tertiary/aromatic N) is 3. The van der Waals surface area contributed by atoms with Crippen LogP contribution >= 0.6 is 0 Å². The topological polar surface area (TPSA) is 136 Å². The predicted octanol–water partition coefficient (Wildman–Crippen LogP) is 3.69. The molecular weight excluding hydrogens is 507 g/mol. The van der Waals surface area contributed by atoms with Crippen molar-refractivity contribution in [1.29, 1.82) is 0 Å². The fourth-order valence-corrected chi connectivity index (χ4v) is 4.05. The van der Waals surface area contributed by atoms with Gasteiger partial charge in [0.15, 0.2) is 5.82 Å². The smallest absolute Gasteiger partial charge is 0.230 e. The first kappa shape index (κ1) is 26.5. The average Bonchev–Trinajstić information content (AvgIpc) is 3.64. The van der Waals surface area contributed by atoms with Gasteiger partial charge in [-0.15, -0.1) is 0 Å². The number of hydrogen-bond donors (Lipinski definition) is 3. The largest absolute Gasteiger partial charge is 0.467 e. The predicted molar refractivity (Wildman–Crippen MR) is 139 cm³/mol. The highest BCUT2D eigenvalue weighted by Crippen LogP contribution is 2.35. The van der Waals surface area contributed by atoms with Gasteiger partial charge in [0.1, 0.15) is 11.6 Å². The second-order valence-corrected chi connectivity index (χ2v) is 9.31. The van der Waals surface area contributed by atoms with Crippen LogP contribution in [-0.2, 0) is 25.5 Å². The fraction of sp³-hybridized carbons (Fsp3) is 0.333. The molecule has 11 nitrogen and oxygen atoms in total. The third kappa shape index (κ3) is 6.14. The van der Waals surface area contributed by atoms with Crippen molar-refractivity contribution in [2.75, 3.05) is 38.8 Å². The Morgan fingerprint density at radius 3 is 2.69 bits per heavy atom. The molecule has 0 spiro atoms. The molecule has 1 aliphatic rings. The summed E-state index contributed by atoms with van der Waals surface area (Å²) in [5.74, 6) is 0.997. The lowest BCUT2D eigenvalue weighted by Gasteiger charge is -2.35. The zero-order valence-electron chi connectivity index (χ0n) is 21.6. The van der Waals surface area contributed by atoms with Crippen LogP contribution in [0.25, 0.3) is 22.6 Å². The highest BCUT2D eigenvalue weighted by atomic mass is 19.1. The Morgan fingerprint density at radius 1 is 1.18 bits per heavy atom. The molecule has 0 aliphatic carbocycles. The average molecular weight is 537 g/mol. The minimum atomic E-state index is -0.860. The first-order chi connectivity index (χ1) is 18.9. The van der Waals surface area contributed by atoms with Crippen molar-refractivity contribution in [3.8, 4) is 22.6 Å². The zero-order chi connectivity index (χ0) is 27.2. The van der Waals surface area contributed by atoms with Crippen LogP contribution in [0.1, 0.15) is 24.8 Å². The van der Waals surface area contributed by atoms with Crippen molar-refractivity contribution in [2.45, 2.75) is 19.8 Å². The molecule has 0 bridgehead atoms. The van der Waals surface area contributed by atoms with E-state index in [1.54, 1.807) is 50.8 Å². The Hall–Kier alpha value is -4.13. The van der Waals surface area contributed by atoms with Crippen LogP contribution in [0.15, 0.2) is 59.3 Å². The molecule has 3 aromatic heterocycles. The summed E-state index contributed by atoms with van der Waals surface area (Å²) in [6.07, 6.45) is 2.39. The van der Waals surface area contributed by atoms with Crippen LogP contribution in [-0.4, -0.2) is 59.3 Å². The monoisotopic (exact) mass is 536 g/mol. The number of rotatable bonds is 10. The number of furan rings is 1. The van der Waals surface area contributed by atoms with Crippen molar-refractivity contribution in [2.24, 2.45) is 5.41 Å². The summed E-state index contributed by atoms with van der Waals surface area (Å²) in [6, 6.07) is 11.4. The van der Waals surface area contributed by atoms with Crippen molar-refractivity contribution in [1.82, 2.24) is 25.3 Å². The number of ether oxygens (including phenoxy) is 3. The maximum atomic E-state index is 13.7. The van der Waals surface area contributed by atoms with Gasteiger partial charge in [-0.1, -0.05) is 0 Å². The number of aromatic amines is 1. The van der Waals surface area contributed by atoms with Gasteiger partial charge in [-0.05, 0) is 49.4 Å². The zero-order valence-corrected chi connectivity index (χ0v) is 21.6. The third-order valence-electron chi connectivity index (χ3n) is 6.22. The molecule has 1 amide bonds. The van der Waals surface area contributed by atoms with Gasteiger partial charge < -0.3 is 34.2 Å². The van der Waals surface area contributed by atoms with Gasteiger partial charge in [-0.25, -0.2) is 19.3 Å². The first-order valence-corrected chi connectivity index (χ1v) is 12.4. The molecule has 4 aromatic rings. The van der Waals surface area contributed by atoms with E-state index in [0.717, 1.165) is 5.76 Å². The number of H-pyrrole nitrogens is 1. The Balaban J connectivity index is 1.38. The van der Waals surface area contributed by atoms with Gasteiger partial charge >= 0.3 is 0 Å². The van der Waals surface area contributed by atoms with E-state index in [2.05, 4.69) is 25.6 Å². The summed E-state index contributed by atoms with van der Waals surface area (Å²) >= 11 is 0. The first-order valence-electron chi connectivity index (χ1n) is 12.4. The second kappa shape index (κ2) is 11.7. The molecule has 12 heteroatoms.